The number of H-pyrrole nitrogens is 1. The van der Waals surface area contributed by atoms with Crippen molar-refractivity contribution in [3.05, 3.63) is 70.9 Å². The molecule has 0 bridgehead atoms. The van der Waals surface area contributed by atoms with Crippen LogP contribution in [-0.2, 0) is 17.4 Å². The molecule has 4 nitrogen and oxygen atoms in total. The zero-order valence-corrected chi connectivity index (χ0v) is 13.5. The summed E-state index contributed by atoms with van der Waals surface area (Å²) in [5, 5.41) is 13.4. The molecule has 0 fully saturated rings. The maximum absolute atomic E-state index is 12.8. The minimum absolute atomic E-state index is 0.311. The van der Waals surface area contributed by atoms with Gasteiger partial charge in [0, 0.05) is 23.0 Å². The van der Waals surface area contributed by atoms with Gasteiger partial charge in [-0.15, -0.1) is 0 Å². The van der Waals surface area contributed by atoms with Crippen molar-refractivity contribution in [3.63, 3.8) is 0 Å². The number of carboxylic acids is 1. The van der Waals surface area contributed by atoms with Crippen LogP contribution in [0.2, 0.25) is 0 Å². The summed E-state index contributed by atoms with van der Waals surface area (Å²) in [5.74, 6) is -0.988. The summed E-state index contributed by atoms with van der Waals surface area (Å²) in [5.41, 5.74) is 2.41. The van der Waals surface area contributed by atoms with Crippen molar-refractivity contribution in [3.8, 4) is 0 Å². The Morgan fingerprint density at radius 2 is 1.77 bits per heavy atom. The predicted molar refractivity (Wildman–Crippen MR) is 89.8 cm³/mol. The van der Waals surface area contributed by atoms with Crippen LogP contribution in [0.25, 0.3) is 10.9 Å². The summed E-state index contributed by atoms with van der Waals surface area (Å²) in [4.78, 5) is 14.9. The molecule has 134 valence electrons. The number of alkyl halides is 3. The molecule has 0 saturated heterocycles. The molecule has 7 heteroatoms. The van der Waals surface area contributed by atoms with E-state index in [0.29, 0.717) is 12.0 Å². The number of para-hydroxylation sites is 1. The summed E-state index contributed by atoms with van der Waals surface area (Å²) in [6.45, 7) is 0. The van der Waals surface area contributed by atoms with Crippen LogP contribution in [0, 0.1) is 0 Å². The molecule has 0 spiro atoms. The number of rotatable bonds is 2. The number of carboxylic acid groups (broad SMARTS) is 1. The SMILES string of the molecule is O=C(O)[C@@H]1Cc2c([nH]c3ccccc23)[C@H](c2ccc(C(F)(F)F)cc2)N1. The third-order valence-corrected chi connectivity index (χ3v) is 4.78. The molecule has 1 aliphatic heterocycles. The van der Waals surface area contributed by atoms with Crippen LogP contribution >= 0.6 is 0 Å². The first-order chi connectivity index (χ1) is 12.3. The lowest BCUT2D eigenvalue weighted by atomic mass is 9.90. The number of hydrogen-bond acceptors (Lipinski definition) is 2. The lowest BCUT2D eigenvalue weighted by molar-refractivity contribution is -0.140. The van der Waals surface area contributed by atoms with Crippen LogP contribution in [-0.4, -0.2) is 22.1 Å². The number of aliphatic carboxylic acids is 1. The first kappa shape index (κ1) is 16.7. The molecule has 0 amide bonds. The maximum atomic E-state index is 12.8. The Morgan fingerprint density at radius 1 is 1.08 bits per heavy atom. The summed E-state index contributed by atoms with van der Waals surface area (Å²) in [6, 6.07) is 11.0. The van der Waals surface area contributed by atoms with Gasteiger partial charge in [0.15, 0.2) is 0 Å². The molecule has 26 heavy (non-hydrogen) atoms. The van der Waals surface area contributed by atoms with E-state index < -0.39 is 29.8 Å². The number of hydrogen-bond donors (Lipinski definition) is 3. The third kappa shape index (κ3) is 2.74. The average Bonchev–Trinajstić information content (AvgIpc) is 2.99. The molecular formula is C19H15F3N2O2. The average molecular weight is 360 g/mol. The van der Waals surface area contributed by atoms with E-state index in [0.717, 1.165) is 34.3 Å². The Hall–Kier alpha value is -2.80. The van der Waals surface area contributed by atoms with Gasteiger partial charge in [0.25, 0.3) is 0 Å². The fourth-order valence-corrected chi connectivity index (χ4v) is 3.52. The van der Waals surface area contributed by atoms with Crippen molar-refractivity contribution in [2.45, 2.75) is 24.7 Å². The highest BCUT2D eigenvalue weighted by Crippen LogP contribution is 2.36. The first-order valence-electron chi connectivity index (χ1n) is 8.10. The number of fused-ring (bicyclic) bond motifs is 3. The Bertz CT molecular complexity index is 977. The Balaban J connectivity index is 1.82. The summed E-state index contributed by atoms with van der Waals surface area (Å²) in [6.07, 6.45) is -4.10. The van der Waals surface area contributed by atoms with Gasteiger partial charge in [0.2, 0.25) is 0 Å². The molecule has 2 heterocycles. The van der Waals surface area contributed by atoms with E-state index in [1.807, 2.05) is 24.3 Å². The number of aromatic amines is 1. The third-order valence-electron chi connectivity index (χ3n) is 4.78. The second-order valence-electron chi connectivity index (χ2n) is 6.38. The molecule has 2 aromatic carbocycles. The monoisotopic (exact) mass is 360 g/mol. The molecule has 1 aromatic heterocycles. The molecule has 1 aliphatic rings. The molecule has 0 aliphatic carbocycles. The summed E-state index contributed by atoms with van der Waals surface area (Å²) < 4.78 is 38.4. The van der Waals surface area contributed by atoms with Crippen LogP contribution in [0.5, 0.6) is 0 Å². The lowest BCUT2D eigenvalue weighted by Gasteiger charge is -2.29. The fraction of sp³-hybridized carbons (Fsp3) is 0.211. The minimum atomic E-state index is -4.41. The molecule has 0 unspecified atom stereocenters. The van der Waals surface area contributed by atoms with Gasteiger partial charge < -0.3 is 10.1 Å². The number of nitrogens with one attached hydrogen (secondary N) is 2. The van der Waals surface area contributed by atoms with Gasteiger partial charge in [-0.2, -0.15) is 13.2 Å². The van der Waals surface area contributed by atoms with Crippen molar-refractivity contribution in [2.24, 2.45) is 0 Å². The maximum Gasteiger partial charge on any atom is 0.416 e. The van der Waals surface area contributed by atoms with E-state index in [-0.39, 0.29) is 0 Å². The van der Waals surface area contributed by atoms with Gasteiger partial charge in [-0.3, -0.25) is 10.1 Å². The first-order valence-corrected chi connectivity index (χ1v) is 8.10. The summed E-state index contributed by atoms with van der Waals surface area (Å²) in [7, 11) is 0. The second-order valence-corrected chi connectivity index (χ2v) is 6.38. The van der Waals surface area contributed by atoms with Crippen LogP contribution in [0.1, 0.15) is 28.4 Å². The van der Waals surface area contributed by atoms with Crippen LogP contribution < -0.4 is 5.32 Å². The zero-order chi connectivity index (χ0) is 18.5. The Morgan fingerprint density at radius 3 is 2.42 bits per heavy atom. The standard InChI is InChI=1S/C19H15F3N2O2/c20-19(21,22)11-7-5-10(6-8-11)16-17-13(9-15(24-16)18(25)26)12-3-1-2-4-14(12)23-17/h1-8,15-16,23-24H,9H2,(H,25,26)/t15-,16-/m0/s1. The highest BCUT2D eigenvalue weighted by molar-refractivity contribution is 5.87. The zero-order valence-electron chi connectivity index (χ0n) is 13.5. The van der Waals surface area contributed by atoms with Gasteiger partial charge in [-0.1, -0.05) is 30.3 Å². The topological polar surface area (TPSA) is 65.1 Å². The van der Waals surface area contributed by atoms with Crippen LogP contribution in [0.4, 0.5) is 13.2 Å². The number of benzene rings is 2. The molecule has 3 aromatic rings. The quantitative estimate of drug-likeness (QED) is 0.650. The molecule has 2 atom stereocenters. The fourth-order valence-electron chi connectivity index (χ4n) is 3.52. The number of aromatic nitrogens is 1. The van der Waals surface area contributed by atoms with Gasteiger partial charge >= 0.3 is 12.1 Å². The van der Waals surface area contributed by atoms with E-state index in [1.165, 1.54) is 12.1 Å². The molecule has 0 radical (unpaired) electrons. The second kappa shape index (κ2) is 5.88. The van der Waals surface area contributed by atoms with E-state index in [2.05, 4.69) is 10.3 Å². The van der Waals surface area contributed by atoms with E-state index in [9.17, 15) is 23.1 Å². The van der Waals surface area contributed by atoms with E-state index in [4.69, 9.17) is 0 Å². The molecule has 3 N–H and O–H groups in total. The predicted octanol–water partition coefficient (Wildman–Crippen LogP) is 3.88. The molecule has 4 rings (SSSR count). The van der Waals surface area contributed by atoms with E-state index in [1.54, 1.807) is 0 Å². The molecular weight excluding hydrogens is 345 g/mol. The number of carbonyl (C=O) groups is 1. The van der Waals surface area contributed by atoms with Gasteiger partial charge in [-0.05, 0) is 29.3 Å². The smallest absolute Gasteiger partial charge is 0.416 e. The van der Waals surface area contributed by atoms with E-state index >= 15 is 0 Å². The van der Waals surface area contributed by atoms with Gasteiger partial charge in [-0.25, -0.2) is 0 Å². The van der Waals surface area contributed by atoms with Crippen molar-refractivity contribution >= 4 is 16.9 Å². The minimum Gasteiger partial charge on any atom is -0.480 e. The van der Waals surface area contributed by atoms with Crippen molar-refractivity contribution in [1.29, 1.82) is 0 Å². The van der Waals surface area contributed by atoms with Crippen molar-refractivity contribution in [2.75, 3.05) is 0 Å². The Kier molecular flexibility index (Phi) is 3.77. The molecule has 0 saturated carbocycles. The summed E-state index contributed by atoms with van der Waals surface area (Å²) >= 11 is 0. The van der Waals surface area contributed by atoms with Gasteiger partial charge in [0.1, 0.15) is 6.04 Å². The van der Waals surface area contributed by atoms with Gasteiger partial charge in [0.05, 0.1) is 11.6 Å². The van der Waals surface area contributed by atoms with Crippen LogP contribution in [0.3, 0.4) is 0 Å². The van der Waals surface area contributed by atoms with Crippen molar-refractivity contribution in [1.82, 2.24) is 10.3 Å². The largest absolute Gasteiger partial charge is 0.480 e. The number of halogens is 3. The normalized spacial score (nSPS) is 20.1. The highest BCUT2D eigenvalue weighted by atomic mass is 19.4. The van der Waals surface area contributed by atoms with Crippen LogP contribution in [0.15, 0.2) is 48.5 Å². The Labute approximate surface area is 146 Å². The lowest BCUT2D eigenvalue weighted by Crippen LogP contribution is -2.44. The van der Waals surface area contributed by atoms with Crippen molar-refractivity contribution < 1.29 is 23.1 Å². The highest BCUT2D eigenvalue weighted by Gasteiger charge is 2.35.